The predicted molar refractivity (Wildman–Crippen MR) is 72.8 cm³/mol. The van der Waals surface area contributed by atoms with Gasteiger partial charge in [-0.1, -0.05) is 6.92 Å². The first-order valence-electron chi connectivity index (χ1n) is 7.21. The van der Waals surface area contributed by atoms with E-state index in [1.807, 2.05) is 13.8 Å². The van der Waals surface area contributed by atoms with Gasteiger partial charge in [0.15, 0.2) is 0 Å². The Bertz CT molecular complexity index is 223. The largest absolute Gasteiger partial charge is 0.394 e. The van der Waals surface area contributed by atoms with Gasteiger partial charge < -0.3 is 19.9 Å². The molecule has 108 valence electrons. The first-order chi connectivity index (χ1) is 8.62. The van der Waals surface area contributed by atoms with Gasteiger partial charge >= 0.3 is 0 Å². The second kappa shape index (κ2) is 8.10. The lowest BCUT2D eigenvalue weighted by Crippen LogP contribution is -2.47. The van der Waals surface area contributed by atoms with Crippen molar-refractivity contribution in [3.63, 3.8) is 0 Å². The minimum Gasteiger partial charge on any atom is -0.394 e. The van der Waals surface area contributed by atoms with Crippen molar-refractivity contribution < 1.29 is 14.6 Å². The molecule has 0 amide bonds. The minimum atomic E-state index is -0.112. The Labute approximate surface area is 111 Å². The van der Waals surface area contributed by atoms with E-state index in [0.29, 0.717) is 13.2 Å². The predicted octanol–water partition coefficient (Wildman–Crippen LogP) is 1.71. The highest BCUT2D eigenvalue weighted by atomic mass is 16.5. The number of aliphatic hydroxyl groups excluding tert-OH is 1. The van der Waals surface area contributed by atoms with Gasteiger partial charge in [0.25, 0.3) is 0 Å². The molecule has 2 N–H and O–H groups in total. The van der Waals surface area contributed by atoms with Crippen molar-refractivity contribution in [2.45, 2.75) is 64.2 Å². The molecule has 0 radical (unpaired) electrons. The Morgan fingerprint density at radius 3 is 2.78 bits per heavy atom. The lowest BCUT2D eigenvalue weighted by atomic mass is 9.98. The summed E-state index contributed by atoms with van der Waals surface area (Å²) >= 11 is 0. The van der Waals surface area contributed by atoms with Crippen LogP contribution in [0.25, 0.3) is 0 Å². The van der Waals surface area contributed by atoms with Gasteiger partial charge in [0, 0.05) is 5.54 Å². The summed E-state index contributed by atoms with van der Waals surface area (Å²) in [6.07, 6.45) is 4.55. The molecule has 0 bridgehead atoms. The zero-order valence-corrected chi connectivity index (χ0v) is 12.1. The van der Waals surface area contributed by atoms with Crippen molar-refractivity contribution in [2.24, 2.45) is 0 Å². The number of hydrogen-bond donors (Lipinski definition) is 2. The van der Waals surface area contributed by atoms with E-state index < -0.39 is 0 Å². The molecule has 0 aromatic rings. The molecule has 1 saturated carbocycles. The zero-order valence-electron chi connectivity index (χ0n) is 12.1. The molecule has 4 heteroatoms. The SMILES string of the molecule is CCCNC1(CO)CCC(OCCOC(C)C)C1. The van der Waals surface area contributed by atoms with Crippen LogP contribution in [0.2, 0.25) is 0 Å². The summed E-state index contributed by atoms with van der Waals surface area (Å²) in [5.41, 5.74) is -0.112. The van der Waals surface area contributed by atoms with Gasteiger partial charge in [-0.2, -0.15) is 0 Å². The molecule has 0 aliphatic heterocycles. The zero-order chi connectivity index (χ0) is 13.4. The molecule has 2 atom stereocenters. The molecule has 0 saturated heterocycles. The third-order valence-corrected chi connectivity index (χ3v) is 3.50. The quantitative estimate of drug-likeness (QED) is 0.619. The van der Waals surface area contributed by atoms with Gasteiger partial charge in [-0.25, -0.2) is 0 Å². The summed E-state index contributed by atoms with van der Waals surface area (Å²) in [5, 5.41) is 13.0. The Balaban J connectivity index is 2.22. The Kier molecular flexibility index (Phi) is 7.15. The highest BCUT2D eigenvalue weighted by Gasteiger charge is 2.38. The molecule has 0 aromatic heterocycles. The fourth-order valence-corrected chi connectivity index (χ4v) is 2.47. The summed E-state index contributed by atoms with van der Waals surface area (Å²) in [4.78, 5) is 0. The number of rotatable bonds is 9. The average Bonchev–Trinajstić information content (AvgIpc) is 2.76. The number of nitrogens with one attached hydrogen (secondary N) is 1. The standard InChI is InChI=1S/C14H29NO3/c1-4-7-15-14(11-16)6-5-13(10-14)18-9-8-17-12(2)3/h12-13,15-16H,4-11H2,1-3H3. The highest BCUT2D eigenvalue weighted by Crippen LogP contribution is 2.31. The van der Waals surface area contributed by atoms with Crippen molar-refractivity contribution in [2.75, 3.05) is 26.4 Å². The molecule has 1 aliphatic carbocycles. The second-order valence-electron chi connectivity index (χ2n) is 5.52. The molecule has 18 heavy (non-hydrogen) atoms. The van der Waals surface area contributed by atoms with E-state index in [1.165, 1.54) is 0 Å². The fraction of sp³-hybridized carbons (Fsp3) is 1.00. The van der Waals surface area contributed by atoms with Gasteiger partial charge in [0.2, 0.25) is 0 Å². The summed E-state index contributed by atoms with van der Waals surface area (Å²) in [6, 6.07) is 0. The van der Waals surface area contributed by atoms with Crippen LogP contribution >= 0.6 is 0 Å². The van der Waals surface area contributed by atoms with Crippen molar-refractivity contribution in [3.05, 3.63) is 0 Å². The van der Waals surface area contributed by atoms with Crippen LogP contribution in [0.3, 0.4) is 0 Å². The van der Waals surface area contributed by atoms with Crippen LogP contribution in [-0.4, -0.2) is 49.2 Å². The third-order valence-electron chi connectivity index (χ3n) is 3.50. The van der Waals surface area contributed by atoms with Gasteiger partial charge in [0.05, 0.1) is 32.0 Å². The molecule has 0 heterocycles. The van der Waals surface area contributed by atoms with Crippen LogP contribution < -0.4 is 5.32 Å². The average molecular weight is 259 g/mol. The van der Waals surface area contributed by atoms with Crippen LogP contribution in [0, 0.1) is 0 Å². The molecule has 4 nitrogen and oxygen atoms in total. The smallest absolute Gasteiger partial charge is 0.0704 e. The van der Waals surface area contributed by atoms with Crippen LogP contribution in [0.1, 0.15) is 46.5 Å². The van der Waals surface area contributed by atoms with Gasteiger partial charge in [-0.15, -0.1) is 0 Å². The van der Waals surface area contributed by atoms with Crippen molar-refractivity contribution in [3.8, 4) is 0 Å². The lowest BCUT2D eigenvalue weighted by molar-refractivity contribution is -0.0137. The third kappa shape index (κ3) is 5.22. The normalized spacial score (nSPS) is 28.2. The maximum atomic E-state index is 9.56. The summed E-state index contributed by atoms with van der Waals surface area (Å²) in [5.74, 6) is 0. The molecule has 1 rings (SSSR count). The van der Waals surface area contributed by atoms with Crippen molar-refractivity contribution >= 4 is 0 Å². The number of hydrogen-bond acceptors (Lipinski definition) is 4. The minimum absolute atomic E-state index is 0.112. The molecule has 2 unspecified atom stereocenters. The number of ether oxygens (including phenoxy) is 2. The summed E-state index contributed by atoms with van der Waals surface area (Å²) < 4.78 is 11.3. The van der Waals surface area contributed by atoms with E-state index in [1.54, 1.807) is 0 Å². The first-order valence-corrected chi connectivity index (χ1v) is 7.21. The molecule has 0 aromatic carbocycles. The number of aliphatic hydroxyl groups is 1. The van der Waals surface area contributed by atoms with Crippen LogP contribution in [0.15, 0.2) is 0 Å². The van der Waals surface area contributed by atoms with E-state index in [9.17, 15) is 5.11 Å². The topological polar surface area (TPSA) is 50.7 Å². The van der Waals surface area contributed by atoms with E-state index in [0.717, 1.165) is 32.2 Å². The Hall–Kier alpha value is -0.160. The molecule has 1 aliphatic rings. The monoisotopic (exact) mass is 259 g/mol. The van der Waals surface area contributed by atoms with E-state index >= 15 is 0 Å². The van der Waals surface area contributed by atoms with Crippen molar-refractivity contribution in [1.82, 2.24) is 5.32 Å². The molecular formula is C14H29NO3. The summed E-state index contributed by atoms with van der Waals surface area (Å²) in [7, 11) is 0. The van der Waals surface area contributed by atoms with E-state index in [4.69, 9.17) is 9.47 Å². The highest BCUT2D eigenvalue weighted by molar-refractivity contribution is 4.96. The van der Waals surface area contributed by atoms with Crippen molar-refractivity contribution in [1.29, 1.82) is 0 Å². The van der Waals surface area contributed by atoms with E-state index in [-0.39, 0.29) is 24.4 Å². The maximum absolute atomic E-state index is 9.56. The van der Waals surface area contributed by atoms with Crippen LogP contribution in [0.5, 0.6) is 0 Å². The fourth-order valence-electron chi connectivity index (χ4n) is 2.47. The van der Waals surface area contributed by atoms with Gasteiger partial charge in [0.1, 0.15) is 0 Å². The summed E-state index contributed by atoms with van der Waals surface area (Å²) in [6.45, 7) is 8.67. The van der Waals surface area contributed by atoms with E-state index in [2.05, 4.69) is 12.2 Å². The first kappa shape index (κ1) is 15.9. The van der Waals surface area contributed by atoms with Crippen LogP contribution in [-0.2, 0) is 9.47 Å². The molecule has 0 spiro atoms. The maximum Gasteiger partial charge on any atom is 0.0704 e. The Morgan fingerprint density at radius 1 is 1.39 bits per heavy atom. The van der Waals surface area contributed by atoms with Gasteiger partial charge in [-0.3, -0.25) is 0 Å². The molecule has 1 fully saturated rings. The second-order valence-corrected chi connectivity index (χ2v) is 5.52. The van der Waals surface area contributed by atoms with Gasteiger partial charge in [-0.05, 0) is 46.1 Å². The Morgan fingerprint density at radius 2 is 2.17 bits per heavy atom. The molecular weight excluding hydrogens is 230 g/mol. The lowest BCUT2D eigenvalue weighted by Gasteiger charge is -2.28. The van der Waals surface area contributed by atoms with Crippen LogP contribution in [0.4, 0.5) is 0 Å².